The molecule has 27 heavy (non-hydrogen) atoms. The standard InChI is InChI=1S/C18H38O8Si/c1-9-14-27(24-15(3)19-6,25-16(4)20-7)26-17(5,21-8)18(10-2)22-12-11-13-23-18/h15-16H,9-14H2,1-8H3. The highest BCUT2D eigenvalue weighted by Crippen LogP contribution is 2.41. The Kier molecular flexibility index (Phi) is 10.3. The maximum absolute atomic E-state index is 6.56. The van der Waals surface area contributed by atoms with Crippen molar-refractivity contribution in [3.8, 4) is 0 Å². The van der Waals surface area contributed by atoms with E-state index in [0.717, 1.165) is 12.8 Å². The Morgan fingerprint density at radius 1 is 1.00 bits per heavy atom. The molecule has 0 radical (unpaired) electrons. The van der Waals surface area contributed by atoms with Crippen molar-refractivity contribution in [2.75, 3.05) is 34.5 Å². The monoisotopic (exact) mass is 410 g/mol. The summed E-state index contributed by atoms with van der Waals surface area (Å²) in [5.74, 6) is -2.28. The van der Waals surface area contributed by atoms with Crippen LogP contribution in [-0.2, 0) is 37.0 Å². The summed E-state index contributed by atoms with van der Waals surface area (Å²) >= 11 is 0. The van der Waals surface area contributed by atoms with Gasteiger partial charge in [0.15, 0.2) is 0 Å². The van der Waals surface area contributed by atoms with Crippen LogP contribution in [0.4, 0.5) is 0 Å². The fourth-order valence-corrected chi connectivity index (χ4v) is 6.22. The average Bonchev–Trinajstić information content (AvgIpc) is 2.68. The van der Waals surface area contributed by atoms with E-state index in [2.05, 4.69) is 0 Å². The minimum absolute atomic E-state index is 0.515. The van der Waals surface area contributed by atoms with Crippen molar-refractivity contribution in [2.45, 2.75) is 84.1 Å². The van der Waals surface area contributed by atoms with Crippen molar-refractivity contribution < 1.29 is 37.0 Å². The zero-order chi connectivity index (χ0) is 20.6. The molecule has 0 spiro atoms. The Bertz CT molecular complexity index is 406. The highest BCUT2D eigenvalue weighted by atomic mass is 28.4. The molecule has 1 aliphatic rings. The van der Waals surface area contributed by atoms with Crippen molar-refractivity contribution in [1.29, 1.82) is 0 Å². The van der Waals surface area contributed by atoms with E-state index in [0.29, 0.717) is 25.7 Å². The zero-order valence-electron chi connectivity index (χ0n) is 18.2. The van der Waals surface area contributed by atoms with Crippen molar-refractivity contribution in [3.63, 3.8) is 0 Å². The third-order valence-electron chi connectivity index (χ3n) is 4.77. The van der Waals surface area contributed by atoms with E-state index < -0.39 is 33.0 Å². The van der Waals surface area contributed by atoms with Crippen LogP contribution >= 0.6 is 0 Å². The minimum Gasteiger partial charge on any atom is -0.357 e. The third-order valence-corrected chi connectivity index (χ3v) is 7.96. The number of methoxy groups -OCH3 is 3. The molecule has 0 aromatic heterocycles. The van der Waals surface area contributed by atoms with Gasteiger partial charge in [-0.15, -0.1) is 0 Å². The van der Waals surface area contributed by atoms with E-state index in [1.165, 1.54) is 0 Å². The summed E-state index contributed by atoms with van der Waals surface area (Å²) in [7, 11) is 1.42. The van der Waals surface area contributed by atoms with E-state index in [9.17, 15) is 0 Å². The number of hydrogen-bond acceptors (Lipinski definition) is 8. The highest BCUT2D eigenvalue weighted by Gasteiger charge is 2.59. The molecule has 0 aromatic carbocycles. The van der Waals surface area contributed by atoms with Crippen LogP contribution in [0, 0.1) is 0 Å². The molecule has 1 fully saturated rings. The van der Waals surface area contributed by atoms with Crippen LogP contribution in [0.1, 0.15) is 53.9 Å². The van der Waals surface area contributed by atoms with Gasteiger partial charge in [-0.3, -0.25) is 0 Å². The minimum atomic E-state index is -3.30. The summed E-state index contributed by atoms with van der Waals surface area (Å²) in [6, 6.07) is 0.563. The maximum Gasteiger partial charge on any atom is 0.507 e. The molecule has 8 nitrogen and oxygen atoms in total. The van der Waals surface area contributed by atoms with Gasteiger partial charge in [-0.1, -0.05) is 20.3 Å². The van der Waals surface area contributed by atoms with Gasteiger partial charge in [0.1, 0.15) is 12.6 Å². The Balaban J connectivity index is 3.27. The van der Waals surface area contributed by atoms with Crippen LogP contribution in [0.15, 0.2) is 0 Å². The van der Waals surface area contributed by atoms with E-state index in [4.69, 9.17) is 37.0 Å². The molecule has 9 heteroatoms. The van der Waals surface area contributed by atoms with Gasteiger partial charge in [0.05, 0.1) is 13.2 Å². The van der Waals surface area contributed by atoms with Gasteiger partial charge in [-0.05, 0) is 27.2 Å². The summed E-state index contributed by atoms with van der Waals surface area (Å²) in [6.07, 6.45) is 1.14. The summed E-state index contributed by atoms with van der Waals surface area (Å²) in [6.45, 7) is 10.6. The Hall–Kier alpha value is -0.103. The fraction of sp³-hybridized carbons (Fsp3) is 1.00. The average molecular weight is 411 g/mol. The normalized spacial score (nSPS) is 24.0. The number of ether oxygens (including phenoxy) is 5. The van der Waals surface area contributed by atoms with E-state index in [1.54, 1.807) is 42.1 Å². The van der Waals surface area contributed by atoms with E-state index >= 15 is 0 Å². The second kappa shape index (κ2) is 11.2. The predicted octanol–water partition coefficient (Wildman–Crippen LogP) is 3.28. The SMILES string of the molecule is CCC[Si](OC(C)OC)(OC(C)OC)OC(C)(OC)C1(CC)OCCCO1. The third kappa shape index (κ3) is 6.19. The lowest BCUT2D eigenvalue weighted by molar-refractivity contribution is -0.402. The van der Waals surface area contributed by atoms with Crippen LogP contribution in [0.2, 0.25) is 6.04 Å². The molecule has 0 aromatic rings. The van der Waals surface area contributed by atoms with Gasteiger partial charge in [0.25, 0.3) is 0 Å². The van der Waals surface area contributed by atoms with E-state index in [1.807, 2.05) is 13.8 Å². The van der Waals surface area contributed by atoms with Gasteiger partial charge in [-0.25, -0.2) is 0 Å². The van der Waals surface area contributed by atoms with Crippen molar-refractivity contribution >= 4 is 8.80 Å². The summed E-state index contributed by atoms with van der Waals surface area (Å²) in [5.41, 5.74) is 0. The molecule has 0 N–H and O–H groups in total. The summed E-state index contributed by atoms with van der Waals surface area (Å²) in [5, 5.41) is 0. The quantitative estimate of drug-likeness (QED) is 0.338. The first-order valence-electron chi connectivity index (χ1n) is 9.70. The lowest BCUT2D eigenvalue weighted by atomic mass is 10.0. The predicted molar refractivity (Wildman–Crippen MR) is 102 cm³/mol. The molecule has 162 valence electrons. The van der Waals surface area contributed by atoms with Crippen molar-refractivity contribution in [3.05, 3.63) is 0 Å². The molecule has 1 rings (SSSR count). The van der Waals surface area contributed by atoms with Crippen molar-refractivity contribution in [2.24, 2.45) is 0 Å². The lowest BCUT2D eigenvalue weighted by Crippen LogP contribution is -2.66. The highest BCUT2D eigenvalue weighted by molar-refractivity contribution is 6.60. The number of rotatable bonds is 13. The first-order chi connectivity index (χ1) is 12.8. The van der Waals surface area contributed by atoms with Crippen LogP contribution < -0.4 is 0 Å². The summed E-state index contributed by atoms with van der Waals surface area (Å²) in [4.78, 5) is 0. The molecule has 1 heterocycles. The molecule has 1 saturated heterocycles. The molecule has 0 amide bonds. The molecular formula is C18H38O8Si. The molecule has 0 bridgehead atoms. The smallest absolute Gasteiger partial charge is 0.357 e. The number of hydrogen-bond donors (Lipinski definition) is 0. The van der Waals surface area contributed by atoms with Gasteiger partial charge in [0.2, 0.25) is 11.6 Å². The lowest BCUT2D eigenvalue weighted by Gasteiger charge is -2.50. The van der Waals surface area contributed by atoms with Crippen molar-refractivity contribution in [1.82, 2.24) is 0 Å². The van der Waals surface area contributed by atoms with Gasteiger partial charge in [0, 0.05) is 33.8 Å². The second-order valence-corrected chi connectivity index (χ2v) is 9.23. The molecule has 3 unspecified atom stereocenters. The molecule has 0 aliphatic carbocycles. The van der Waals surface area contributed by atoms with Crippen LogP contribution in [0.25, 0.3) is 0 Å². The second-order valence-electron chi connectivity index (χ2n) is 6.68. The van der Waals surface area contributed by atoms with Crippen LogP contribution in [0.5, 0.6) is 0 Å². The summed E-state index contributed by atoms with van der Waals surface area (Å²) < 4.78 is 47.4. The van der Waals surface area contributed by atoms with Crippen LogP contribution in [-0.4, -0.2) is 67.5 Å². The van der Waals surface area contributed by atoms with Gasteiger partial charge in [-0.2, -0.15) is 0 Å². The Morgan fingerprint density at radius 3 is 1.89 bits per heavy atom. The van der Waals surface area contributed by atoms with Crippen LogP contribution in [0.3, 0.4) is 0 Å². The van der Waals surface area contributed by atoms with E-state index in [-0.39, 0.29) is 0 Å². The molecule has 1 aliphatic heterocycles. The fourth-order valence-electron chi connectivity index (χ4n) is 3.09. The largest absolute Gasteiger partial charge is 0.507 e. The zero-order valence-corrected chi connectivity index (χ0v) is 19.2. The Labute approximate surface area is 165 Å². The Morgan fingerprint density at radius 2 is 1.52 bits per heavy atom. The molecule has 3 atom stereocenters. The topological polar surface area (TPSA) is 73.8 Å². The molecule has 0 saturated carbocycles. The van der Waals surface area contributed by atoms with Gasteiger partial charge >= 0.3 is 8.80 Å². The van der Waals surface area contributed by atoms with Gasteiger partial charge < -0.3 is 37.0 Å². The first kappa shape index (κ1) is 24.9. The maximum atomic E-state index is 6.56. The first-order valence-corrected chi connectivity index (χ1v) is 11.6. The molecular weight excluding hydrogens is 372 g/mol.